The van der Waals surface area contributed by atoms with Crippen LogP contribution in [0.3, 0.4) is 0 Å². The van der Waals surface area contributed by atoms with Crippen molar-refractivity contribution >= 4 is 12.1 Å². The lowest BCUT2D eigenvalue weighted by atomic mass is 10.1. The molecule has 2 aromatic carbocycles. The number of hydrogen-bond acceptors (Lipinski definition) is 5. The first-order chi connectivity index (χ1) is 12.0. The highest BCUT2D eigenvalue weighted by Gasteiger charge is 2.06. The number of benzene rings is 2. The number of carbonyl (C=O) groups is 1. The van der Waals surface area contributed by atoms with E-state index in [1.165, 1.54) is 6.21 Å². The van der Waals surface area contributed by atoms with Crippen molar-refractivity contribution in [1.29, 1.82) is 0 Å². The van der Waals surface area contributed by atoms with Crippen LogP contribution in [0, 0.1) is 13.8 Å². The molecule has 0 heterocycles. The summed E-state index contributed by atoms with van der Waals surface area (Å²) in [5, 5.41) is 3.93. The quantitative estimate of drug-likeness (QED) is 0.620. The van der Waals surface area contributed by atoms with Crippen molar-refractivity contribution in [2.24, 2.45) is 5.10 Å². The third-order valence-electron chi connectivity index (χ3n) is 3.75. The van der Waals surface area contributed by atoms with Gasteiger partial charge in [-0.3, -0.25) is 4.79 Å². The molecule has 0 unspecified atom stereocenters. The Morgan fingerprint density at radius 3 is 2.64 bits per heavy atom. The van der Waals surface area contributed by atoms with E-state index >= 15 is 0 Å². The van der Waals surface area contributed by atoms with Crippen LogP contribution < -0.4 is 19.6 Å². The van der Waals surface area contributed by atoms with Crippen molar-refractivity contribution in [3.63, 3.8) is 0 Å². The normalized spacial score (nSPS) is 10.6. The Hall–Kier alpha value is -3.02. The fourth-order valence-electron chi connectivity index (χ4n) is 2.16. The predicted molar refractivity (Wildman–Crippen MR) is 96.7 cm³/mol. The van der Waals surface area contributed by atoms with Crippen molar-refractivity contribution in [1.82, 2.24) is 5.43 Å². The van der Waals surface area contributed by atoms with Crippen LogP contribution in [0.25, 0.3) is 0 Å². The average molecular weight is 342 g/mol. The molecule has 0 aliphatic carbocycles. The van der Waals surface area contributed by atoms with Gasteiger partial charge in [0.2, 0.25) is 0 Å². The van der Waals surface area contributed by atoms with E-state index < -0.39 is 0 Å². The number of ether oxygens (including phenoxy) is 3. The van der Waals surface area contributed by atoms with Gasteiger partial charge in [-0.25, -0.2) is 5.43 Å². The number of methoxy groups -OCH3 is 2. The van der Waals surface area contributed by atoms with Crippen LogP contribution in [-0.4, -0.2) is 32.9 Å². The van der Waals surface area contributed by atoms with Gasteiger partial charge in [0, 0.05) is 11.6 Å². The number of nitrogens with one attached hydrogen (secondary N) is 1. The van der Waals surface area contributed by atoms with Crippen molar-refractivity contribution < 1.29 is 19.0 Å². The van der Waals surface area contributed by atoms with E-state index in [9.17, 15) is 4.79 Å². The first-order valence-corrected chi connectivity index (χ1v) is 7.78. The standard InChI is InChI=1S/C19H22N2O4/c1-13-6-5-7-17(14(13)2)25-12-19(22)21-20-11-15-8-9-16(23-3)10-18(15)24-4/h5-11H,12H2,1-4H3,(H,21,22)/b20-11-. The Bertz CT molecular complexity index is 772. The van der Waals surface area contributed by atoms with E-state index in [4.69, 9.17) is 14.2 Å². The molecule has 2 aromatic rings. The molecule has 132 valence electrons. The number of carbonyl (C=O) groups excluding carboxylic acids is 1. The molecule has 0 aliphatic rings. The lowest BCUT2D eigenvalue weighted by Crippen LogP contribution is -2.24. The molecule has 1 amide bonds. The molecular weight excluding hydrogens is 320 g/mol. The lowest BCUT2D eigenvalue weighted by Gasteiger charge is -2.10. The third kappa shape index (κ3) is 4.97. The summed E-state index contributed by atoms with van der Waals surface area (Å²) < 4.78 is 15.9. The number of amides is 1. The largest absolute Gasteiger partial charge is 0.497 e. The molecule has 0 fully saturated rings. The molecular formula is C19H22N2O4. The number of aryl methyl sites for hydroxylation is 1. The molecule has 6 nitrogen and oxygen atoms in total. The molecule has 0 bridgehead atoms. The molecule has 0 atom stereocenters. The molecule has 0 aliphatic heterocycles. The van der Waals surface area contributed by atoms with Crippen LogP contribution >= 0.6 is 0 Å². The summed E-state index contributed by atoms with van der Waals surface area (Å²) in [6, 6.07) is 11.0. The zero-order chi connectivity index (χ0) is 18.2. The summed E-state index contributed by atoms with van der Waals surface area (Å²) in [4.78, 5) is 11.9. The summed E-state index contributed by atoms with van der Waals surface area (Å²) in [6.45, 7) is 3.84. The fraction of sp³-hybridized carbons (Fsp3) is 0.263. The minimum Gasteiger partial charge on any atom is -0.497 e. The molecule has 6 heteroatoms. The summed E-state index contributed by atoms with van der Waals surface area (Å²) in [5.41, 5.74) is 5.28. The first-order valence-electron chi connectivity index (χ1n) is 7.78. The van der Waals surface area contributed by atoms with Crippen LogP contribution in [0.15, 0.2) is 41.5 Å². The van der Waals surface area contributed by atoms with E-state index in [2.05, 4.69) is 10.5 Å². The Labute approximate surface area is 147 Å². The maximum absolute atomic E-state index is 11.9. The Balaban J connectivity index is 1.91. The third-order valence-corrected chi connectivity index (χ3v) is 3.75. The van der Waals surface area contributed by atoms with Crippen LogP contribution in [0.1, 0.15) is 16.7 Å². The molecule has 1 N–H and O–H groups in total. The van der Waals surface area contributed by atoms with Gasteiger partial charge < -0.3 is 14.2 Å². The van der Waals surface area contributed by atoms with Crippen molar-refractivity contribution in [3.8, 4) is 17.2 Å². The number of nitrogens with zero attached hydrogens (tertiary/aromatic N) is 1. The van der Waals surface area contributed by atoms with Crippen molar-refractivity contribution in [3.05, 3.63) is 53.1 Å². The van der Waals surface area contributed by atoms with Gasteiger partial charge >= 0.3 is 0 Å². The topological polar surface area (TPSA) is 69.2 Å². The lowest BCUT2D eigenvalue weighted by molar-refractivity contribution is -0.123. The summed E-state index contributed by atoms with van der Waals surface area (Å²) >= 11 is 0. The number of hydrogen-bond donors (Lipinski definition) is 1. The first kappa shape index (κ1) is 18.3. The molecule has 0 saturated carbocycles. The maximum Gasteiger partial charge on any atom is 0.277 e. The number of hydrazone groups is 1. The van der Waals surface area contributed by atoms with Gasteiger partial charge in [-0.05, 0) is 43.2 Å². The molecule has 0 radical (unpaired) electrons. The van der Waals surface area contributed by atoms with Gasteiger partial charge in [0.15, 0.2) is 6.61 Å². The second-order valence-electron chi connectivity index (χ2n) is 5.39. The minimum absolute atomic E-state index is 0.110. The van der Waals surface area contributed by atoms with Crippen LogP contribution in [0.4, 0.5) is 0 Å². The van der Waals surface area contributed by atoms with E-state index in [-0.39, 0.29) is 12.5 Å². The molecule has 25 heavy (non-hydrogen) atoms. The Morgan fingerprint density at radius 1 is 1.12 bits per heavy atom. The molecule has 0 aromatic heterocycles. The van der Waals surface area contributed by atoms with E-state index in [0.29, 0.717) is 17.2 Å². The summed E-state index contributed by atoms with van der Waals surface area (Å²) in [6.07, 6.45) is 1.51. The maximum atomic E-state index is 11.9. The monoisotopic (exact) mass is 342 g/mol. The zero-order valence-corrected chi connectivity index (χ0v) is 14.8. The van der Waals surface area contributed by atoms with Gasteiger partial charge in [0.05, 0.1) is 20.4 Å². The molecule has 0 spiro atoms. The molecule has 2 rings (SSSR count). The fourth-order valence-corrected chi connectivity index (χ4v) is 2.16. The van der Waals surface area contributed by atoms with Gasteiger partial charge in [0.1, 0.15) is 17.2 Å². The molecule has 0 saturated heterocycles. The van der Waals surface area contributed by atoms with E-state index in [0.717, 1.165) is 16.7 Å². The highest BCUT2D eigenvalue weighted by atomic mass is 16.5. The second kappa shape index (κ2) is 8.73. The Morgan fingerprint density at radius 2 is 1.92 bits per heavy atom. The predicted octanol–water partition coefficient (Wildman–Crippen LogP) is 2.85. The van der Waals surface area contributed by atoms with Crippen molar-refractivity contribution in [2.45, 2.75) is 13.8 Å². The highest BCUT2D eigenvalue weighted by Crippen LogP contribution is 2.23. The summed E-state index contributed by atoms with van der Waals surface area (Å²) in [5.74, 6) is 1.63. The Kier molecular flexibility index (Phi) is 6.39. The zero-order valence-electron chi connectivity index (χ0n) is 14.8. The van der Waals surface area contributed by atoms with Gasteiger partial charge in [-0.2, -0.15) is 5.10 Å². The van der Waals surface area contributed by atoms with E-state index in [1.807, 2.05) is 32.0 Å². The van der Waals surface area contributed by atoms with Gasteiger partial charge in [-0.15, -0.1) is 0 Å². The number of rotatable bonds is 7. The van der Waals surface area contributed by atoms with E-state index in [1.54, 1.807) is 32.4 Å². The minimum atomic E-state index is -0.343. The highest BCUT2D eigenvalue weighted by molar-refractivity contribution is 5.85. The van der Waals surface area contributed by atoms with Gasteiger partial charge in [0.25, 0.3) is 5.91 Å². The second-order valence-corrected chi connectivity index (χ2v) is 5.39. The van der Waals surface area contributed by atoms with Gasteiger partial charge in [-0.1, -0.05) is 12.1 Å². The SMILES string of the molecule is COc1ccc(/C=N\NC(=O)COc2cccc(C)c2C)c(OC)c1. The van der Waals surface area contributed by atoms with Crippen LogP contribution in [0.2, 0.25) is 0 Å². The average Bonchev–Trinajstić information content (AvgIpc) is 2.63. The van der Waals surface area contributed by atoms with Crippen LogP contribution in [-0.2, 0) is 4.79 Å². The smallest absolute Gasteiger partial charge is 0.277 e. The van der Waals surface area contributed by atoms with Crippen LogP contribution in [0.5, 0.6) is 17.2 Å². The van der Waals surface area contributed by atoms with Crippen molar-refractivity contribution in [2.75, 3.05) is 20.8 Å². The summed E-state index contributed by atoms with van der Waals surface area (Å²) in [7, 11) is 3.14.